The van der Waals surface area contributed by atoms with Gasteiger partial charge in [0.2, 0.25) is 0 Å². The Morgan fingerprint density at radius 3 is 2.71 bits per heavy atom. The number of carboxylic acid groups (broad SMARTS) is 1. The highest BCUT2D eigenvalue weighted by Gasteiger charge is 2.26. The molecule has 0 saturated heterocycles. The molecule has 1 aromatic heterocycles. The molecule has 0 radical (unpaired) electrons. The Balaban J connectivity index is 1.98. The average Bonchev–Trinajstić information content (AvgIpc) is 3.10. The number of carbonyl (C=O) groups excluding carboxylic acids is 1. The van der Waals surface area contributed by atoms with Gasteiger partial charge in [-0.1, -0.05) is 12.8 Å². The first-order valence-electron chi connectivity index (χ1n) is 7.28. The molecule has 1 aliphatic rings. The Morgan fingerprint density at radius 2 is 2.19 bits per heavy atom. The first kappa shape index (κ1) is 15.8. The second-order valence-electron chi connectivity index (χ2n) is 5.27. The molecule has 2 amide bonds. The fraction of sp³-hybridized carbons (Fsp3) is 0.643. The maximum absolute atomic E-state index is 12.4. The van der Waals surface area contributed by atoms with Crippen molar-refractivity contribution in [2.45, 2.75) is 51.6 Å². The van der Waals surface area contributed by atoms with Gasteiger partial charge in [0.05, 0.1) is 6.04 Å². The van der Waals surface area contributed by atoms with Crippen molar-refractivity contribution < 1.29 is 14.7 Å². The number of rotatable bonds is 5. The zero-order valence-corrected chi connectivity index (χ0v) is 13.2. The van der Waals surface area contributed by atoms with Gasteiger partial charge >= 0.3 is 12.0 Å². The van der Waals surface area contributed by atoms with Crippen molar-refractivity contribution in [1.82, 2.24) is 15.2 Å². The van der Waals surface area contributed by atoms with E-state index in [0.717, 1.165) is 12.8 Å². The van der Waals surface area contributed by atoms with Crippen LogP contribution in [0.1, 0.15) is 61.1 Å². The maximum Gasteiger partial charge on any atom is 0.355 e. The molecule has 2 rings (SSSR count). The lowest BCUT2D eigenvalue weighted by atomic mass is 10.2. The van der Waals surface area contributed by atoms with E-state index in [0.29, 0.717) is 17.6 Å². The molecule has 1 fully saturated rings. The van der Waals surface area contributed by atoms with Gasteiger partial charge in [-0.15, -0.1) is 11.3 Å². The predicted molar refractivity (Wildman–Crippen MR) is 80.7 cm³/mol. The zero-order valence-electron chi connectivity index (χ0n) is 12.3. The van der Waals surface area contributed by atoms with Crippen LogP contribution in [-0.2, 0) is 0 Å². The van der Waals surface area contributed by atoms with Crippen LogP contribution in [0.5, 0.6) is 0 Å². The van der Waals surface area contributed by atoms with E-state index in [2.05, 4.69) is 10.3 Å². The van der Waals surface area contributed by atoms with E-state index in [4.69, 9.17) is 5.11 Å². The van der Waals surface area contributed by atoms with E-state index >= 15 is 0 Å². The predicted octanol–water partition coefficient (Wildman–Crippen LogP) is 2.88. The van der Waals surface area contributed by atoms with Gasteiger partial charge in [-0.25, -0.2) is 14.6 Å². The highest BCUT2D eigenvalue weighted by Crippen LogP contribution is 2.24. The monoisotopic (exact) mass is 311 g/mol. The molecule has 0 bridgehead atoms. The number of hydrogen-bond donors (Lipinski definition) is 2. The quantitative estimate of drug-likeness (QED) is 0.876. The van der Waals surface area contributed by atoms with Crippen LogP contribution in [0, 0.1) is 0 Å². The van der Waals surface area contributed by atoms with E-state index in [-0.39, 0.29) is 17.8 Å². The molecular weight excluding hydrogens is 290 g/mol. The van der Waals surface area contributed by atoms with Crippen molar-refractivity contribution in [1.29, 1.82) is 0 Å². The summed E-state index contributed by atoms with van der Waals surface area (Å²) in [6, 6.07) is -0.0527. The third-order valence-electron chi connectivity index (χ3n) is 3.82. The first-order valence-corrected chi connectivity index (χ1v) is 8.16. The molecule has 2 N–H and O–H groups in total. The maximum atomic E-state index is 12.4. The molecule has 1 atom stereocenters. The molecule has 1 aromatic rings. The standard InChI is InChI=1S/C14H21N3O3S/c1-3-17(10-6-4-5-7-10)14(20)15-9(2)12-16-11(8-21-12)13(18)19/h8-10H,3-7H2,1-2H3,(H,15,20)(H,18,19). The third kappa shape index (κ3) is 3.72. The van der Waals surface area contributed by atoms with Gasteiger partial charge in [-0.3, -0.25) is 0 Å². The fourth-order valence-corrected chi connectivity index (χ4v) is 3.50. The molecule has 1 saturated carbocycles. The minimum Gasteiger partial charge on any atom is -0.476 e. The molecule has 116 valence electrons. The van der Waals surface area contributed by atoms with E-state index in [1.54, 1.807) is 0 Å². The summed E-state index contributed by atoms with van der Waals surface area (Å²) < 4.78 is 0. The van der Waals surface area contributed by atoms with Crippen LogP contribution in [0.25, 0.3) is 0 Å². The van der Waals surface area contributed by atoms with Crippen LogP contribution in [0.3, 0.4) is 0 Å². The number of thiazole rings is 1. The molecule has 0 spiro atoms. The van der Waals surface area contributed by atoms with E-state index in [1.807, 2.05) is 18.7 Å². The molecular formula is C14H21N3O3S. The Hall–Kier alpha value is -1.63. The van der Waals surface area contributed by atoms with Crippen molar-refractivity contribution in [2.24, 2.45) is 0 Å². The Labute approximate surface area is 128 Å². The van der Waals surface area contributed by atoms with Gasteiger partial charge in [-0.2, -0.15) is 0 Å². The van der Waals surface area contributed by atoms with Crippen molar-refractivity contribution in [3.05, 3.63) is 16.1 Å². The van der Waals surface area contributed by atoms with E-state index in [9.17, 15) is 9.59 Å². The van der Waals surface area contributed by atoms with Crippen molar-refractivity contribution in [3.63, 3.8) is 0 Å². The van der Waals surface area contributed by atoms with Crippen LogP contribution in [0.4, 0.5) is 4.79 Å². The molecule has 6 nitrogen and oxygen atoms in total. The minimum absolute atomic E-state index is 0.0271. The summed E-state index contributed by atoms with van der Waals surface area (Å²) in [5, 5.41) is 13.9. The average molecular weight is 311 g/mol. The lowest BCUT2D eigenvalue weighted by Crippen LogP contribution is -2.45. The summed E-state index contributed by atoms with van der Waals surface area (Å²) in [5.41, 5.74) is 0.0271. The number of urea groups is 1. The van der Waals surface area contributed by atoms with Gasteiger partial charge in [0.1, 0.15) is 5.01 Å². The van der Waals surface area contributed by atoms with Crippen molar-refractivity contribution >= 4 is 23.3 Å². The Kier molecular flexibility index (Phi) is 5.17. The fourth-order valence-electron chi connectivity index (χ4n) is 2.70. The molecule has 1 heterocycles. The van der Waals surface area contributed by atoms with Crippen LogP contribution < -0.4 is 5.32 Å². The van der Waals surface area contributed by atoms with Gasteiger partial charge in [0.15, 0.2) is 5.69 Å². The first-order chi connectivity index (χ1) is 10.0. The topological polar surface area (TPSA) is 82.5 Å². The SMILES string of the molecule is CCN(C(=O)NC(C)c1nc(C(=O)O)cs1)C1CCCC1. The largest absolute Gasteiger partial charge is 0.476 e. The summed E-state index contributed by atoms with van der Waals surface area (Å²) >= 11 is 1.25. The molecule has 7 heteroatoms. The molecule has 0 aliphatic heterocycles. The number of carboxylic acids is 1. The number of hydrogen-bond acceptors (Lipinski definition) is 4. The Morgan fingerprint density at radius 1 is 1.52 bits per heavy atom. The number of carbonyl (C=O) groups is 2. The minimum atomic E-state index is -1.04. The van der Waals surface area contributed by atoms with Gasteiger partial charge < -0.3 is 15.3 Å². The van der Waals surface area contributed by atoms with Gasteiger partial charge in [0, 0.05) is 18.0 Å². The highest BCUT2D eigenvalue weighted by molar-refractivity contribution is 7.09. The highest BCUT2D eigenvalue weighted by atomic mass is 32.1. The summed E-state index contributed by atoms with van der Waals surface area (Å²) in [4.78, 5) is 29.1. The molecule has 1 unspecified atom stereocenters. The normalized spacial score (nSPS) is 16.7. The summed E-state index contributed by atoms with van der Waals surface area (Å²) in [5.74, 6) is -1.04. The van der Waals surface area contributed by atoms with Crippen molar-refractivity contribution in [3.8, 4) is 0 Å². The van der Waals surface area contributed by atoms with E-state index in [1.165, 1.54) is 29.6 Å². The lowest BCUT2D eigenvalue weighted by Gasteiger charge is -2.29. The van der Waals surface area contributed by atoms with E-state index < -0.39 is 5.97 Å². The number of nitrogens with one attached hydrogen (secondary N) is 1. The summed E-state index contributed by atoms with van der Waals surface area (Å²) in [7, 11) is 0. The number of nitrogens with zero attached hydrogens (tertiary/aromatic N) is 2. The lowest BCUT2D eigenvalue weighted by molar-refractivity contribution is 0.0691. The molecule has 1 aliphatic carbocycles. The second kappa shape index (κ2) is 6.89. The second-order valence-corrected chi connectivity index (χ2v) is 6.16. The van der Waals surface area contributed by atoms with Gasteiger partial charge in [-0.05, 0) is 26.7 Å². The Bertz CT molecular complexity index is 511. The number of aromatic carboxylic acids is 1. The third-order valence-corrected chi connectivity index (χ3v) is 4.85. The summed E-state index contributed by atoms with van der Waals surface area (Å²) in [6.07, 6.45) is 4.49. The van der Waals surface area contributed by atoms with Gasteiger partial charge in [0.25, 0.3) is 0 Å². The number of amides is 2. The molecule has 0 aromatic carbocycles. The van der Waals surface area contributed by atoms with Crippen LogP contribution in [0.2, 0.25) is 0 Å². The molecule has 21 heavy (non-hydrogen) atoms. The zero-order chi connectivity index (χ0) is 15.4. The smallest absolute Gasteiger partial charge is 0.355 e. The van der Waals surface area contributed by atoms with Crippen LogP contribution in [-0.4, -0.2) is 39.6 Å². The summed E-state index contributed by atoms with van der Waals surface area (Å²) in [6.45, 7) is 4.49. The van der Waals surface area contributed by atoms with Crippen molar-refractivity contribution in [2.75, 3.05) is 6.54 Å². The van der Waals surface area contributed by atoms with Crippen LogP contribution in [0.15, 0.2) is 5.38 Å². The van der Waals surface area contributed by atoms with Crippen LogP contribution >= 0.6 is 11.3 Å². The number of aromatic nitrogens is 1.